The second kappa shape index (κ2) is 6.18. The van der Waals surface area contributed by atoms with Crippen LogP contribution in [0.4, 0.5) is 0 Å². The van der Waals surface area contributed by atoms with Gasteiger partial charge in [-0.1, -0.05) is 18.2 Å². The van der Waals surface area contributed by atoms with Gasteiger partial charge >= 0.3 is 5.69 Å². The Kier molecular flexibility index (Phi) is 4.35. The lowest BCUT2D eigenvalue weighted by atomic mass is 10.1. The van der Waals surface area contributed by atoms with Gasteiger partial charge in [0.25, 0.3) is 0 Å². The summed E-state index contributed by atoms with van der Waals surface area (Å²) in [5.41, 5.74) is 0.603. The quantitative estimate of drug-likeness (QED) is 0.834. The van der Waals surface area contributed by atoms with Gasteiger partial charge in [0.1, 0.15) is 5.82 Å². The van der Waals surface area contributed by atoms with Crippen LogP contribution in [0.2, 0.25) is 0 Å². The molecule has 1 aliphatic rings. The van der Waals surface area contributed by atoms with Crippen LogP contribution in [0.25, 0.3) is 0 Å². The lowest BCUT2D eigenvalue weighted by molar-refractivity contribution is 0.267. The predicted molar refractivity (Wildman–Crippen MR) is 90.4 cm³/mol. The van der Waals surface area contributed by atoms with Crippen LogP contribution in [-0.4, -0.2) is 40.2 Å². The third-order valence-electron chi connectivity index (χ3n) is 4.63. The van der Waals surface area contributed by atoms with Gasteiger partial charge in [-0.25, -0.2) is 17.9 Å². The number of hydrogen-bond donors (Lipinski definition) is 0. The van der Waals surface area contributed by atoms with Crippen LogP contribution in [0, 0.1) is 13.8 Å². The summed E-state index contributed by atoms with van der Waals surface area (Å²) in [6.07, 6.45) is 1.22. The number of aryl methyl sites for hydroxylation is 3. The standard InChI is InChI=1S/C16H22N4O3S/c1-12-6-4-5-7-15(12)24(22,23)19-10-8-14(9-11-19)20-13(2)17-18(3)16(20)21/h4-7,14H,8-11H2,1-3H3. The normalized spacial score (nSPS) is 17.3. The molecule has 1 saturated heterocycles. The zero-order valence-corrected chi connectivity index (χ0v) is 15.0. The van der Waals surface area contributed by atoms with Gasteiger partial charge in [-0.05, 0) is 38.3 Å². The Labute approximate surface area is 141 Å². The molecule has 130 valence electrons. The molecule has 3 rings (SSSR count). The van der Waals surface area contributed by atoms with Crippen molar-refractivity contribution in [2.45, 2.75) is 37.6 Å². The SMILES string of the molecule is Cc1ccccc1S(=O)(=O)N1CCC(n2c(C)nn(C)c2=O)CC1. The lowest BCUT2D eigenvalue weighted by Gasteiger charge is -2.32. The van der Waals surface area contributed by atoms with Gasteiger partial charge in [-0.2, -0.15) is 9.40 Å². The number of sulfonamides is 1. The second-order valence-corrected chi connectivity index (χ2v) is 8.13. The maximum Gasteiger partial charge on any atom is 0.345 e. The van der Waals surface area contributed by atoms with Crippen molar-refractivity contribution in [3.63, 3.8) is 0 Å². The monoisotopic (exact) mass is 350 g/mol. The second-order valence-electron chi connectivity index (χ2n) is 6.22. The smallest absolute Gasteiger partial charge is 0.276 e. The summed E-state index contributed by atoms with van der Waals surface area (Å²) in [4.78, 5) is 12.5. The van der Waals surface area contributed by atoms with E-state index in [0.29, 0.717) is 36.7 Å². The molecular weight excluding hydrogens is 328 g/mol. The summed E-state index contributed by atoms with van der Waals surface area (Å²) in [6.45, 7) is 4.42. The van der Waals surface area contributed by atoms with Crippen molar-refractivity contribution in [1.29, 1.82) is 0 Å². The molecule has 0 atom stereocenters. The first-order valence-electron chi connectivity index (χ1n) is 8.00. The summed E-state index contributed by atoms with van der Waals surface area (Å²) in [6, 6.07) is 7.02. The molecule has 0 radical (unpaired) electrons. The van der Waals surface area contributed by atoms with E-state index in [9.17, 15) is 13.2 Å². The maximum atomic E-state index is 12.8. The average Bonchev–Trinajstić information content (AvgIpc) is 2.80. The predicted octanol–water partition coefficient (Wildman–Crippen LogP) is 1.22. The minimum Gasteiger partial charge on any atom is -0.276 e. The Balaban J connectivity index is 1.80. The van der Waals surface area contributed by atoms with Gasteiger partial charge in [-0.3, -0.25) is 4.57 Å². The van der Waals surface area contributed by atoms with Crippen LogP contribution < -0.4 is 5.69 Å². The molecule has 1 aromatic heterocycles. The van der Waals surface area contributed by atoms with Crippen molar-refractivity contribution >= 4 is 10.0 Å². The molecule has 2 aromatic rings. The van der Waals surface area contributed by atoms with E-state index in [1.165, 1.54) is 8.99 Å². The number of benzene rings is 1. The highest BCUT2D eigenvalue weighted by molar-refractivity contribution is 7.89. The van der Waals surface area contributed by atoms with Crippen LogP contribution in [0.5, 0.6) is 0 Å². The van der Waals surface area contributed by atoms with Gasteiger partial charge in [-0.15, -0.1) is 0 Å². The molecule has 0 saturated carbocycles. The number of nitrogens with zero attached hydrogens (tertiary/aromatic N) is 4. The largest absolute Gasteiger partial charge is 0.345 e. The molecule has 0 aliphatic carbocycles. The first-order valence-corrected chi connectivity index (χ1v) is 9.44. The maximum absolute atomic E-state index is 12.8. The van der Waals surface area contributed by atoms with Crippen LogP contribution in [0.3, 0.4) is 0 Å². The summed E-state index contributed by atoms with van der Waals surface area (Å²) in [5, 5.41) is 4.15. The average molecular weight is 350 g/mol. The van der Waals surface area contributed by atoms with Gasteiger partial charge in [0, 0.05) is 26.2 Å². The molecule has 0 bridgehead atoms. The van der Waals surface area contributed by atoms with E-state index in [0.717, 1.165) is 5.56 Å². The number of rotatable bonds is 3. The summed E-state index contributed by atoms with van der Waals surface area (Å²) < 4.78 is 30.2. The fourth-order valence-electron chi connectivity index (χ4n) is 3.35. The Hall–Kier alpha value is -1.93. The summed E-state index contributed by atoms with van der Waals surface area (Å²) >= 11 is 0. The molecule has 8 heteroatoms. The van der Waals surface area contributed by atoms with E-state index in [4.69, 9.17) is 0 Å². The Bertz CT molecular complexity index is 906. The number of hydrogen-bond acceptors (Lipinski definition) is 4. The van der Waals surface area contributed by atoms with E-state index in [1.54, 1.807) is 43.7 Å². The Morgan fingerprint density at radius 1 is 1.12 bits per heavy atom. The van der Waals surface area contributed by atoms with E-state index in [2.05, 4.69) is 5.10 Å². The molecule has 24 heavy (non-hydrogen) atoms. The van der Waals surface area contributed by atoms with Gasteiger partial charge in [0.05, 0.1) is 4.90 Å². The highest BCUT2D eigenvalue weighted by Crippen LogP contribution is 2.27. The third-order valence-corrected chi connectivity index (χ3v) is 6.69. The van der Waals surface area contributed by atoms with Crippen LogP contribution in [-0.2, 0) is 17.1 Å². The minimum absolute atomic E-state index is 0.00507. The Morgan fingerprint density at radius 3 is 2.29 bits per heavy atom. The number of piperidine rings is 1. The molecule has 1 aliphatic heterocycles. The van der Waals surface area contributed by atoms with Crippen LogP contribution in [0.1, 0.15) is 30.3 Å². The molecule has 7 nitrogen and oxygen atoms in total. The number of aromatic nitrogens is 3. The van der Waals surface area contributed by atoms with Crippen molar-refractivity contribution in [2.24, 2.45) is 7.05 Å². The van der Waals surface area contributed by atoms with E-state index >= 15 is 0 Å². The topological polar surface area (TPSA) is 77.2 Å². The Morgan fingerprint density at radius 2 is 1.75 bits per heavy atom. The molecule has 0 N–H and O–H groups in total. The fraction of sp³-hybridized carbons (Fsp3) is 0.500. The van der Waals surface area contributed by atoms with Gasteiger partial charge in [0.2, 0.25) is 10.0 Å². The van der Waals surface area contributed by atoms with Crippen molar-refractivity contribution in [2.75, 3.05) is 13.1 Å². The highest BCUT2D eigenvalue weighted by atomic mass is 32.2. The lowest BCUT2D eigenvalue weighted by Crippen LogP contribution is -2.41. The van der Waals surface area contributed by atoms with Crippen molar-refractivity contribution in [3.8, 4) is 0 Å². The van der Waals surface area contributed by atoms with E-state index < -0.39 is 10.0 Å². The molecule has 1 fully saturated rings. The van der Waals surface area contributed by atoms with E-state index in [-0.39, 0.29) is 11.7 Å². The van der Waals surface area contributed by atoms with Gasteiger partial charge in [0.15, 0.2) is 0 Å². The first-order chi connectivity index (χ1) is 11.3. The molecule has 1 aromatic carbocycles. The minimum atomic E-state index is -3.49. The van der Waals surface area contributed by atoms with Gasteiger partial charge < -0.3 is 0 Å². The molecular formula is C16H22N4O3S. The van der Waals surface area contributed by atoms with Crippen molar-refractivity contribution in [3.05, 3.63) is 46.1 Å². The highest BCUT2D eigenvalue weighted by Gasteiger charge is 2.32. The first kappa shape index (κ1) is 16.9. The fourth-order valence-corrected chi connectivity index (χ4v) is 5.04. The molecule has 0 spiro atoms. The zero-order chi connectivity index (χ0) is 17.5. The van der Waals surface area contributed by atoms with E-state index in [1.807, 2.05) is 6.07 Å². The third kappa shape index (κ3) is 2.80. The summed E-state index contributed by atoms with van der Waals surface area (Å²) in [5.74, 6) is 0.669. The van der Waals surface area contributed by atoms with Crippen molar-refractivity contribution < 1.29 is 8.42 Å². The molecule has 2 heterocycles. The molecule has 0 unspecified atom stereocenters. The van der Waals surface area contributed by atoms with Crippen molar-refractivity contribution in [1.82, 2.24) is 18.7 Å². The summed E-state index contributed by atoms with van der Waals surface area (Å²) in [7, 11) is -1.86. The zero-order valence-electron chi connectivity index (χ0n) is 14.1. The van der Waals surface area contributed by atoms with Crippen LogP contribution in [0.15, 0.2) is 34.0 Å². The van der Waals surface area contributed by atoms with Crippen LogP contribution >= 0.6 is 0 Å². The molecule has 0 amide bonds.